The van der Waals surface area contributed by atoms with Crippen molar-refractivity contribution in [2.24, 2.45) is 0 Å². The number of benzene rings is 4. The van der Waals surface area contributed by atoms with Crippen LogP contribution in [0.4, 0.5) is 0 Å². The van der Waals surface area contributed by atoms with Crippen LogP contribution in [0, 0.1) is 0 Å². The van der Waals surface area contributed by atoms with Crippen LogP contribution in [0.5, 0.6) is 23.0 Å². The third kappa shape index (κ3) is 12.1. The van der Waals surface area contributed by atoms with Crippen LogP contribution in [-0.4, -0.2) is 58.0 Å². The quantitative estimate of drug-likeness (QED) is 0.0402. The molecule has 0 saturated carbocycles. The third-order valence-electron chi connectivity index (χ3n) is 10.8. The Balaban J connectivity index is 1.15. The van der Waals surface area contributed by atoms with E-state index in [0.29, 0.717) is 35.7 Å². The molecule has 60 heavy (non-hydrogen) atoms. The van der Waals surface area contributed by atoms with Crippen LogP contribution in [0.15, 0.2) is 107 Å². The summed E-state index contributed by atoms with van der Waals surface area (Å²) in [5, 5.41) is 12.2. The van der Waals surface area contributed by atoms with Crippen LogP contribution in [-0.2, 0) is 22.3 Å². The normalized spacial score (nSPS) is 12.0. The zero-order valence-electron chi connectivity index (χ0n) is 35.8. The molecule has 1 unspecified atom stereocenters. The molecule has 1 N–H and O–H groups in total. The SMILES string of the molecule is C=COCCCCC(CO)OC(COc1ccc2cc(-c3ccc(CCCCC)cc3OC)oc2c1)COc1ccc2cc(-c3ccc(CCCCC)cc3OC)oc2c1. The summed E-state index contributed by atoms with van der Waals surface area (Å²) in [4.78, 5) is 0. The minimum atomic E-state index is -0.502. The average Bonchev–Trinajstić information content (AvgIpc) is 3.90. The van der Waals surface area contributed by atoms with Crippen molar-refractivity contribution in [3.63, 3.8) is 0 Å². The lowest BCUT2D eigenvalue weighted by molar-refractivity contribution is -0.0752. The predicted molar refractivity (Wildman–Crippen MR) is 240 cm³/mol. The molecule has 0 fully saturated rings. The predicted octanol–water partition coefficient (Wildman–Crippen LogP) is 12.5. The summed E-state index contributed by atoms with van der Waals surface area (Å²) in [5.74, 6) is 4.31. The van der Waals surface area contributed by atoms with Crippen LogP contribution in [0.1, 0.15) is 82.8 Å². The summed E-state index contributed by atoms with van der Waals surface area (Å²) >= 11 is 0. The van der Waals surface area contributed by atoms with Gasteiger partial charge in [0, 0.05) is 22.9 Å². The third-order valence-corrected chi connectivity index (χ3v) is 10.8. The first-order valence-corrected chi connectivity index (χ1v) is 21.6. The first-order chi connectivity index (χ1) is 29.4. The molecule has 9 nitrogen and oxygen atoms in total. The first kappa shape index (κ1) is 44.2. The second-order valence-corrected chi connectivity index (χ2v) is 15.3. The molecule has 9 heteroatoms. The van der Waals surface area contributed by atoms with Gasteiger partial charge in [0.2, 0.25) is 0 Å². The fourth-order valence-corrected chi connectivity index (χ4v) is 7.44. The number of ether oxygens (including phenoxy) is 6. The van der Waals surface area contributed by atoms with Crippen molar-refractivity contribution >= 4 is 21.9 Å². The van der Waals surface area contributed by atoms with E-state index in [1.54, 1.807) is 14.2 Å². The van der Waals surface area contributed by atoms with Gasteiger partial charge >= 0.3 is 0 Å². The Bertz CT molecular complexity index is 2090. The van der Waals surface area contributed by atoms with Gasteiger partial charge in [0.1, 0.15) is 65.0 Å². The molecule has 2 aromatic heterocycles. The van der Waals surface area contributed by atoms with Gasteiger partial charge in [-0.3, -0.25) is 0 Å². The molecule has 320 valence electrons. The van der Waals surface area contributed by atoms with Gasteiger partial charge in [-0.15, -0.1) is 0 Å². The Morgan fingerprint density at radius 2 is 1.15 bits per heavy atom. The molecule has 0 bridgehead atoms. The molecular weight excluding hydrogens is 757 g/mol. The van der Waals surface area contributed by atoms with Crippen LogP contribution < -0.4 is 18.9 Å². The molecule has 4 aromatic carbocycles. The van der Waals surface area contributed by atoms with Crippen molar-refractivity contribution < 1.29 is 42.4 Å². The van der Waals surface area contributed by atoms with Gasteiger partial charge in [-0.1, -0.05) is 58.2 Å². The van der Waals surface area contributed by atoms with Gasteiger partial charge in [-0.05, 0) is 117 Å². The molecule has 0 spiro atoms. The molecule has 0 aliphatic heterocycles. The number of rotatable bonds is 27. The second kappa shape index (κ2) is 22.8. The molecule has 2 heterocycles. The number of unbranched alkanes of at least 4 members (excludes halogenated alkanes) is 5. The van der Waals surface area contributed by atoms with E-state index in [0.717, 1.165) is 83.4 Å². The highest BCUT2D eigenvalue weighted by atomic mass is 16.6. The lowest BCUT2D eigenvalue weighted by Gasteiger charge is -2.24. The van der Waals surface area contributed by atoms with Gasteiger partial charge in [-0.25, -0.2) is 0 Å². The number of aryl methyl sites for hydroxylation is 2. The maximum Gasteiger partial charge on any atom is 0.139 e. The number of aliphatic hydroxyl groups is 1. The van der Waals surface area contributed by atoms with Crippen molar-refractivity contribution in [2.75, 3.05) is 40.6 Å². The zero-order chi connectivity index (χ0) is 42.1. The standard InChI is InChI=1S/C51H62O9/c1-6-9-11-15-36-18-24-44(48(27-36)53-4)50-29-38-20-22-40(31-46(38)59-50)56-34-43(58-42(33-52)17-13-14-26-55-8-3)35-57-41-23-21-39-30-51(60-47(39)32-41)45-25-19-37(16-12-10-7-2)28-49(45)54-5/h8,18-25,27-32,42-43,52H,3,6-7,9-17,26,33-35H2,1-2,4-5H3. The fourth-order valence-electron chi connectivity index (χ4n) is 7.44. The van der Waals surface area contributed by atoms with Crippen LogP contribution >= 0.6 is 0 Å². The Hall–Kier alpha value is -5.38. The van der Waals surface area contributed by atoms with Crippen molar-refractivity contribution in [1.29, 1.82) is 0 Å². The first-order valence-electron chi connectivity index (χ1n) is 21.6. The Morgan fingerprint density at radius 1 is 0.617 bits per heavy atom. The van der Waals surface area contributed by atoms with Gasteiger partial charge < -0.3 is 42.4 Å². The van der Waals surface area contributed by atoms with Gasteiger partial charge in [0.15, 0.2) is 0 Å². The molecule has 0 aliphatic rings. The highest BCUT2D eigenvalue weighted by Gasteiger charge is 2.20. The van der Waals surface area contributed by atoms with Crippen molar-refractivity contribution in [3.8, 4) is 45.6 Å². The van der Waals surface area contributed by atoms with Crippen molar-refractivity contribution in [2.45, 2.75) is 96.7 Å². The maximum absolute atomic E-state index is 10.3. The molecule has 0 saturated heterocycles. The van der Waals surface area contributed by atoms with Crippen LogP contribution in [0.2, 0.25) is 0 Å². The van der Waals surface area contributed by atoms with Crippen molar-refractivity contribution in [1.82, 2.24) is 0 Å². The molecule has 6 rings (SSSR count). The van der Waals surface area contributed by atoms with E-state index in [1.165, 1.54) is 43.1 Å². The van der Waals surface area contributed by atoms with E-state index in [4.69, 9.17) is 37.3 Å². The largest absolute Gasteiger partial charge is 0.502 e. The monoisotopic (exact) mass is 818 g/mol. The Morgan fingerprint density at radius 3 is 1.62 bits per heavy atom. The fraction of sp³-hybridized carbons (Fsp3) is 0.412. The minimum Gasteiger partial charge on any atom is -0.502 e. The van der Waals surface area contributed by atoms with E-state index < -0.39 is 12.2 Å². The lowest BCUT2D eigenvalue weighted by Crippen LogP contribution is -2.34. The highest BCUT2D eigenvalue weighted by molar-refractivity contribution is 5.86. The molecule has 6 aromatic rings. The summed E-state index contributed by atoms with van der Waals surface area (Å²) in [7, 11) is 3.39. The number of furan rings is 2. The molecule has 0 amide bonds. The Kier molecular flexibility index (Phi) is 16.8. The van der Waals surface area contributed by atoms with E-state index >= 15 is 0 Å². The lowest BCUT2D eigenvalue weighted by atomic mass is 10.0. The number of hydrogen-bond acceptors (Lipinski definition) is 9. The van der Waals surface area contributed by atoms with E-state index in [2.05, 4.69) is 56.8 Å². The van der Waals surface area contributed by atoms with E-state index in [-0.39, 0.29) is 19.8 Å². The summed E-state index contributed by atoms with van der Waals surface area (Å²) in [6.45, 7) is 8.84. The molecule has 1 atom stereocenters. The van der Waals surface area contributed by atoms with Crippen molar-refractivity contribution in [3.05, 3.63) is 109 Å². The summed E-state index contributed by atoms with van der Waals surface area (Å²) < 4.78 is 48.7. The highest BCUT2D eigenvalue weighted by Crippen LogP contribution is 2.38. The summed E-state index contributed by atoms with van der Waals surface area (Å²) in [5.41, 5.74) is 5.73. The summed E-state index contributed by atoms with van der Waals surface area (Å²) in [6, 6.07) is 28.4. The van der Waals surface area contributed by atoms with Gasteiger partial charge in [0.25, 0.3) is 0 Å². The number of methoxy groups -OCH3 is 2. The number of fused-ring (bicyclic) bond motifs is 2. The van der Waals surface area contributed by atoms with Crippen LogP contribution in [0.25, 0.3) is 44.6 Å². The minimum absolute atomic E-state index is 0.132. The average molecular weight is 819 g/mol. The zero-order valence-corrected chi connectivity index (χ0v) is 35.8. The topological polar surface area (TPSA) is 102 Å². The van der Waals surface area contributed by atoms with E-state index in [9.17, 15) is 5.11 Å². The molecular formula is C51H62O9. The van der Waals surface area contributed by atoms with Gasteiger partial charge in [0.05, 0.1) is 50.9 Å². The summed E-state index contributed by atoms with van der Waals surface area (Å²) in [6.07, 6.45) is 12.0. The van der Waals surface area contributed by atoms with Crippen LogP contribution in [0.3, 0.4) is 0 Å². The smallest absolute Gasteiger partial charge is 0.139 e. The number of aliphatic hydroxyl groups excluding tert-OH is 1. The van der Waals surface area contributed by atoms with E-state index in [1.807, 2.05) is 48.5 Å². The molecule has 0 radical (unpaired) electrons. The maximum atomic E-state index is 10.3. The second-order valence-electron chi connectivity index (χ2n) is 15.3. The number of hydrogen-bond donors (Lipinski definition) is 1. The Labute approximate surface area is 355 Å². The molecule has 0 aliphatic carbocycles. The van der Waals surface area contributed by atoms with Gasteiger partial charge in [-0.2, -0.15) is 0 Å².